The molecule has 0 aromatic carbocycles. The molecule has 0 saturated carbocycles. The number of nitrogens with zero attached hydrogens (tertiary/aromatic N) is 1. The summed E-state index contributed by atoms with van der Waals surface area (Å²) >= 11 is 0. The molecule has 0 aromatic rings. The third kappa shape index (κ3) is 2.23. The second-order valence-electron chi connectivity index (χ2n) is 2.32. The zero-order valence-electron chi connectivity index (χ0n) is 6.04. The summed E-state index contributed by atoms with van der Waals surface area (Å²) in [5, 5.41) is 8.21. The molecule has 0 atom stereocenters. The van der Waals surface area contributed by atoms with Gasteiger partial charge in [-0.05, 0) is 19.0 Å². The molecule has 1 fully saturated rings. The first kappa shape index (κ1) is 7.95. The third-order valence-corrected chi connectivity index (χ3v) is 7.79. The lowest BCUT2D eigenvalue weighted by molar-refractivity contribution is 0.285. The van der Waals surface area contributed by atoms with Crippen molar-refractivity contribution in [3.8, 4) is 6.07 Å². The predicted molar refractivity (Wildman–Crippen MR) is 42.0 cm³/mol. The van der Waals surface area contributed by atoms with E-state index < -0.39 is 18.6 Å². The van der Waals surface area contributed by atoms with E-state index in [0.717, 1.165) is 12.5 Å². The van der Waals surface area contributed by atoms with Gasteiger partial charge in [0.2, 0.25) is 0 Å². The smallest absolute Gasteiger partial charge is 0.303 e. The van der Waals surface area contributed by atoms with Gasteiger partial charge in [0.15, 0.2) is 0 Å². The summed E-state index contributed by atoms with van der Waals surface area (Å²) in [7, 11) is -2.28. The zero-order valence-corrected chi connectivity index (χ0v) is 8.35. The van der Waals surface area contributed by atoms with Crippen LogP contribution < -0.4 is 0 Å². The van der Waals surface area contributed by atoms with Gasteiger partial charge in [0.1, 0.15) is 0 Å². The van der Waals surface area contributed by atoms with Gasteiger partial charge in [-0.1, -0.05) is 0 Å². The van der Waals surface area contributed by atoms with Crippen LogP contribution in [0.15, 0.2) is 0 Å². The molecule has 1 saturated heterocycles. The lowest BCUT2D eigenvalue weighted by Gasteiger charge is -2.32. The van der Waals surface area contributed by atoms with Crippen LogP contribution in [0.25, 0.3) is 0 Å². The second-order valence-corrected chi connectivity index (χ2v) is 7.07. The monoisotopic (exact) mass is 173 g/mol. The topological polar surface area (TPSA) is 42.2 Å². The minimum absolute atomic E-state index is 0.645. The maximum absolute atomic E-state index is 8.21. The van der Waals surface area contributed by atoms with Crippen molar-refractivity contribution in [1.29, 1.82) is 5.26 Å². The predicted octanol–water partition coefficient (Wildman–Crippen LogP) is 0.408. The van der Waals surface area contributed by atoms with Crippen molar-refractivity contribution >= 4 is 18.6 Å². The number of nitriles is 1. The summed E-state index contributed by atoms with van der Waals surface area (Å²) in [6, 6.07) is 3.12. The lowest BCUT2D eigenvalue weighted by Crippen LogP contribution is -2.46. The zero-order chi connectivity index (χ0) is 7.40. The van der Waals surface area contributed by atoms with Crippen LogP contribution in [0, 0.1) is 11.3 Å². The molecular weight excluding hydrogens is 162 g/mol. The number of unbranched alkanes of at least 4 members (excludes halogenated alkanes) is 1. The molecule has 0 aliphatic carbocycles. The van der Waals surface area contributed by atoms with Gasteiger partial charge in [-0.2, -0.15) is 5.26 Å². The Labute approximate surface area is 64.3 Å². The first-order valence-electron chi connectivity index (χ1n) is 3.51. The van der Waals surface area contributed by atoms with E-state index in [-0.39, 0.29) is 0 Å². The van der Waals surface area contributed by atoms with Crippen LogP contribution in [-0.2, 0) is 8.23 Å². The first-order valence-corrected chi connectivity index (χ1v) is 7.36. The molecule has 0 radical (unpaired) electrons. The van der Waals surface area contributed by atoms with E-state index >= 15 is 0 Å². The molecule has 0 amide bonds. The largest absolute Gasteiger partial charge is 0.420 e. The molecule has 0 bridgehead atoms. The van der Waals surface area contributed by atoms with Gasteiger partial charge in [0.05, 0.1) is 6.07 Å². The fourth-order valence-corrected chi connectivity index (χ4v) is 6.05. The Balaban J connectivity index is 1.91. The van der Waals surface area contributed by atoms with E-state index in [1.54, 1.807) is 0 Å². The van der Waals surface area contributed by atoms with Gasteiger partial charge in [-0.25, -0.2) is 0 Å². The standard InChI is InChI=1S/C5H11NO2Si2/c1-9-7-10(8-9)5-3-2-4-6/h9-10H,2-3,5H2,1H3. The number of hydrogen-bond donors (Lipinski definition) is 0. The molecule has 0 spiro atoms. The average Bonchev–Trinajstić information content (AvgIpc) is 1.85. The fourth-order valence-electron chi connectivity index (χ4n) is 0.922. The second kappa shape index (κ2) is 3.88. The van der Waals surface area contributed by atoms with Crippen LogP contribution in [-0.4, -0.2) is 18.6 Å². The lowest BCUT2D eigenvalue weighted by atomic mass is 10.4. The van der Waals surface area contributed by atoms with Crippen molar-refractivity contribution in [1.82, 2.24) is 0 Å². The Morgan fingerprint density at radius 3 is 2.70 bits per heavy atom. The van der Waals surface area contributed by atoms with Gasteiger partial charge in [0, 0.05) is 6.42 Å². The van der Waals surface area contributed by atoms with Crippen molar-refractivity contribution in [2.75, 3.05) is 0 Å². The molecule has 56 valence electrons. The summed E-state index contributed by atoms with van der Waals surface area (Å²) in [6.07, 6.45) is 1.60. The Hall–Kier alpha value is -0.156. The van der Waals surface area contributed by atoms with Crippen molar-refractivity contribution in [3.63, 3.8) is 0 Å². The minimum atomic E-state index is -1.18. The highest BCUT2D eigenvalue weighted by Gasteiger charge is 2.29. The van der Waals surface area contributed by atoms with E-state index in [4.69, 9.17) is 13.5 Å². The van der Waals surface area contributed by atoms with Crippen molar-refractivity contribution < 1.29 is 8.23 Å². The van der Waals surface area contributed by atoms with E-state index in [2.05, 4.69) is 6.07 Å². The maximum Gasteiger partial charge on any atom is 0.303 e. The van der Waals surface area contributed by atoms with Crippen molar-refractivity contribution in [2.24, 2.45) is 0 Å². The Morgan fingerprint density at radius 1 is 1.50 bits per heavy atom. The summed E-state index contributed by atoms with van der Waals surface area (Å²) < 4.78 is 10.9. The van der Waals surface area contributed by atoms with Gasteiger partial charge in [-0.3, -0.25) is 0 Å². The van der Waals surface area contributed by atoms with Crippen LogP contribution in [0.4, 0.5) is 0 Å². The summed E-state index contributed by atoms with van der Waals surface area (Å²) in [4.78, 5) is 0. The minimum Gasteiger partial charge on any atom is -0.420 e. The maximum atomic E-state index is 8.21. The number of hydrogen-bond acceptors (Lipinski definition) is 3. The summed E-state index contributed by atoms with van der Waals surface area (Å²) in [5.74, 6) is 0. The highest BCUT2D eigenvalue weighted by Crippen LogP contribution is 2.14. The van der Waals surface area contributed by atoms with Crippen molar-refractivity contribution in [2.45, 2.75) is 25.4 Å². The van der Waals surface area contributed by atoms with Gasteiger partial charge in [-0.15, -0.1) is 0 Å². The third-order valence-electron chi connectivity index (χ3n) is 1.42. The normalized spacial score (nSPS) is 30.8. The van der Waals surface area contributed by atoms with E-state index in [1.165, 1.54) is 0 Å². The Bertz CT molecular complexity index is 141. The quantitative estimate of drug-likeness (QED) is 0.458. The molecule has 5 heteroatoms. The van der Waals surface area contributed by atoms with Crippen molar-refractivity contribution in [3.05, 3.63) is 0 Å². The average molecular weight is 173 g/mol. The molecule has 10 heavy (non-hydrogen) atoms. The molecule has 0 unspecified atom stereocenters. The summed E-state index contributed by atoms with van der Waals surface area (Å²) in [6.45, 7) is 2.04. The van der Waals surface area contributed by atoms with Crippen LogP contribution in [0.5, 0.6) is 0 Å². The Morgan fingerprint density at radius 2 is 2.20 bits per heavy atom. The molecule has 0 N–H and O–H groups in total. The van der Waals surface area contributed by atoms with Gasteiger partial charge < -0.3 is 8.23 Å². The van der Waals surface area contributed by atoms with E-state index in [1.807, 2.05) is 6.55 Å². The van der Waals surface area contributed by atoms with Crippen LogP contribution in [0.3, 0.4) is 0 Å². The van der Waals surface area contributed by atoms with E-state index in [0.29, 0.717) is 6.42 Å². The van der Waals surface area contributed by atoms with Gasteiger partial charge in [0.25, 0.3) is 9.28 Å². The van der Waals surface area contributed by atoms with E-state index in [9.17, 15) is 0 Å². The molecular formula is C5H11NO2Si2. The molecule has 1 aliphatic rings. The summed E-state index contributed by atoms with van der Waals surface area (Å²) in [5.41, 5.74) is 0. The van der Waals surface area contributed by atoms with Crippen LogP contribution in [0.2, 0.25) is 12.6 Å². The number of rotatable bonds is 3. The first-order chi connectivity index (χ1) is 4.83. The molecule has 1 aliphatic heterocycles. The molecule has 1 rings (SSSR count). The van der Waals surface area contributed by atoms with Gasteiger partial charge >= 0.3 is 9.28 Å². The fraction of sp³-hybridized carbons (Fsp3) is 0.800. The van der Waals surface area contributed by atoms with Crippen LogP contribution in [0.1, 0.15) is 12.8 Å². The SMILES string of the molecule is C[SiH]1O[SiH](CCCC#N)O1. The highest BCUT2D eigenvalue weighted by atomic mass is 28.5. The highest BCUT2D eigenvalue weighted by molar-refractivity contribution is 6.72. The Kier molecular flexibility index (Phi) is 3.08. The molecule has 1 heterocycles. The molecule has 3 nitrogen and oxygen atoms in total. The van der Waals surface area contributed by atoms with Crippen LogP contribution >= 0.6 is 0 Å². The molecule has 0 aromatic heterocycles.